The third kappa shape index (κ3) is 5.14. The van der Waals surface area contributed by atoms with E-state index in [0.29, 0.717) is 16.3 Å². The van der Waals surface area contributed by atoms with Crippen molar-refractivity contribution in [3.05, 3.63) is 70.8 Å². The van der Waals surface area contributed by atoms with Crippen LogP contribution in [-0.2, 0) is 9.47 Å². The Morgan fingerprint density at radius 1 is 1.12 bits per heavy atom. The average molecular weight is 346 g/mol. The van der Waals surface area contributed by atoms with Gasteiger partial charge in [-0.2, -0.15) is 0 Å². The van der Waals surface area contributed by atoms with Gasteiger partial charge in [0, 0.05) is 16.3 Å². The number of anilines is 1. The molecule has 0 fully saturated rings. The van der Waals surface area contributed by atoms with Gasteiger partial charge in [-0.3, -0.25) is 4.79 Å². The Hall–Kier alpha value is -2.79. The normalized spacial score (nSPS) is 10.4. The lowest BCUT2D eigenvalue weighted by Crippen LogP contribution is -2.12. The van der Waals surface area contributed by atoms with Crippen LogP contribution >= 0.6 is 11.6 Å². The molecule has 0 bridgehead atoms. The molecule has 2 aromatic rings. The summed E-state index contributed by atoms with van der Waals surface area (Å²) in [6.45, 7) is 0.0755. The van der Waals surface area contributed by atoms with E-state index >= 15 is 0 Å². The summed E-state index contributed by atoms with van der Waals surface area (Å²) in [7, 11) is 1.24. The van der Waals surface area contributed by atoms with Gasteiger partial charge in [-0.15, -0.1) is 0 Å². The van der Waals surface area contributed by atoms with Crippen molar-refractivity contribution >= 4 is 35.4 Å². The molecule has 0 aliphatic carbocycles. The predicted molar refractivity (Wildman–Crippen MR) is 93.2 cm³/mol. The van der Waals surface area contributed by atoms with Crippen molar-refractivity contribution in [2.75, 3.05) is 19.0 Å². The molecule has 1 amide bonds. The first-order valence-electron chi connectivity index (χ1n) is 7.13. The highest BCUT2D eigenvalue weighted by Crippen LogP contribution is 2.18. The van der Waals surface area contributed by atoms with E-state index in [0.717, 1.165) is 5.56 Å². The number of methoxy groups -OCH3 is 1. The summed E-state index contributed by atoms with van der Waals surface area (Å²) in [6, 6.07) is 13.9. The molecule has 2 rings (SSSR count). The molecule has 0 heterocycles. The average Bonchev–Trinajstić information content (AvgIpc) is 2.60. The van der Waals surface area contributed by atoms with Gasteiger partial charge in [-0.25, -0.2) is 4.79 Å². The second-order valence-electron chi connectivity index (χ2n) is 4.72. The van der Waals surface area contributed by atoms with E-state index in [4.69, 9.17) is 16.3 Å². The van der Waals surface area contributed by atoms with E-state index in [2.05, 4.69) is 10.1 Å². The number of amides is 1. The highest BCUT2D eigenvalue weighted by Gasteiger charge is 2.07. The second-order valence-corrected chi connectivity index (χ2v) is 5.15. The number of nitrogens with one attached hydrogen (secondary N) is 1. The molecular weight excluding hydrogens is 330 g/mol. The molecule has 0 aromatic heterocycles. The third-order valence-corrected chi connectivity index (χ3v) is 3.33. The van der Waals surface area contributed by atoms with Gasteiger partial charge in [-0.1, -0.05) is 35.9 Å². The zero-order valence-electron chi connectivity index (χ0n) is 13.0. The summed E-state index contributed by atoms with van der Waals surface area (Å²) in [5, 5.41) is 3.41. The molecule has 0 atom stereocenters. The summed E-state index contributed by atoms with van der Waals surface area (Å²) in [6.07, 6.45) is 2.66. The summed E-state index contributed by atoms with van der Waals surface area (Å²) in [5.41, 5.74) is 1.94. The number of para-hydroxylation sites is 1. The SMILES string of the molecule is COC(=O)OC/C=C/c1ccccc1NC(=O)c1ccc(Cl)cc1. The van der Waals surface area contributed by atoms with E-state index < -0.39 is 6.16 Å². The minimum atomic E-state index is -0.746. The van der Waals surface area contributed by atoms with Crippen molar-refractivity contribution in [2.24, 2.45) is 0 Å². The standard InChI is InChI=1S/C18H16ClNO4/c1-23-18(22)24-12-4-6-13-5-2-3-7-16(13)20-17(21)14-8-10-15(19)11-9-14/h2-11H,12H2,1H3,(H,20,21)/b6-4+. The zero-order chi connectivity index (χ0) is 17.4. The molecule has 0 aliphatic heterocycles. The summed E-state index contributed by atoms with van der Waals surface area (Å²) in [5.74, 6) is -0.238. The minimum Gasteiger partial charge on any atom is -0.438 e. The fraction of sp³-hybridized carbons (Fsp3) is 0.111. The summed E-state index contributed by atoms with van der Waals surface area (Å²) in [4.78, 5) is 23.1. The van der Waals surface area contributed by atoms with Crippen molar-refractivity contribution in [1.82, 2.24) is 0 Å². The predicted octanol–water partition coefficient (Wildman–Crippen LogP) is 4.39. The lowest BCUT2D eigenvalue weighted by Gasteiger charge is -2.08. The van der Waals surface area contributed by atoms with Crippen molar-refractivity contribution in [3.63, 3.8) is 0 Å². The van der Waals surface area contributed by atoms with Crippen LogP contribution in [0.25, 0.3) is 6.08 Å². The van der Waals surface area contributed by atoms with Crippen LogP contribution in [0.15, 0.2) is 54.6 Å². The molecule has 0 aliphatic rings. The lowest BCUT2D eigenvalue weighted by atomic mass is 10.1. The number of benzene rings is 2. The fourth-order valence-corrected chi connectivity index (χ4v) is 2.03. The molecule has 124 valence electrons. The Morgan fingerprint density at radius 2 is 1.83 bits per heavy atom. The molecule has 0 spiro atoms. The number of hydrogen-bond donors (Lipinski definition) is 1. The maximum atomic E-state index is 12.3. The van der Waals surface area contributed by atoms with Gasteiger partial charge in [0.15, 0.2) is 0 Å². The van der Waals surface area contributed by atoms with Crippen LogP contribution < -0.4 is 5.32 Å². The fourth-order valence-electron chi connectivity index (χ4n) is 1.90. The smallest absolute Gasteiger partial charge is 0.438 e. The maximum absolute atomic E-state index is 12.3. The molecule has 24 heavy (non-hydrogen) atoms. The van der Waals surface area contributed by atoms with Crippen LogP contribution in [0.2, 0.25) is 5.02 Å². The molecular formula is C18H16ClNO4. The van der Waals surface area contributed by atoms with Gasteiger partial charge in [0.25, 0.3) is 5.91 Å². The molecule has 0 radical (unpaired) electrons. The number of carbonyl (C=O) groups excluding carboxylic acids is 2. The van der Waals surface area contributed by atoms with Crippen molar-refractivity contribution in [1.29, 1.82) is 0 Å². The van der Waals surface area contributed by atoms with Gasteiger partial charge < -0.3 is 14.8 Å². The molecule has 2 aromatic carbocycles. The molecule has 0 saturated carbocycles. The van der Waals surface area contributed by atoms with Gasteiger partial charge in [0.2, 0.25) is 0 Å². The highest BCUT2D eigenvalue weighted by atomic mass is 35.5. The maximum Gasteiger partial charge on any atom is 0.508 e. The Balaban J connectivity index is 2.05. The van der Waals surface area contributed by atoms with E-state index in [1.807, 2.05) is 18.2 Å². The first-order valence-corrected chi connectivity index (χ1v) is 7.51. The second kappa shape index (κ2) is 8.74. The van der Waals surface area contributed by atoms with E-state index in [1.165, 1.54) is 7.11 Å². The van der Waals surface area contributed by atoms with Gasteiger partial charge in [0.05, 0.1) is 7.11 Å². The monoisotopic (exact) mass is 345 g/mol. The number of hydrogen-bond acceptors (Lipinski definition) is 4. The van der Waals surface area contributed by atoms with Crippen LogP contribution in [0.5, 0.6) is 0 Å². The van der Waals surface area contributed by atoms with E-state index in [1.54, 1.807) is 42.5 Å². The Kier molecular flexibility index (Phi) is 6.40. The van der Waals surface area contributed by atoms with Crippen molar-refractivity contribution < 1.29 is 19.1 Å². The van der Waals surface area contributed by atoms with Crippen LogP contribution in [0, 0.1) is 0 Å². The Bertz CT molecular complexity index is 741. The summed E-state index contributed by atoms with van der Waals surface area (Å²) >= 11 is 5.82. The van der Waals surface area contributed by atoms with Crippen LogP contribution in [0.3, 0.4) is 0 Å². The quantitative estimate of drug-likeness (QED) is 0.816. The first kappa shape index (κ1) is 17.6. The number of halogens is 1. The summed E-state index contributed by atoms with van der Waals surface area (Å²) < 4.78 is 9.14. The Morgan fingerprint density at radius 3 is 2.54 bits per heavy atom. The Labute approximate surface area is 144 Å². The van der Waals surface area contributed by atoms with E-state index in [9.17, 15) is 9.59 Å². The number of ether oxygens (including phenoxy) is 2. The van der Waals surface area contributed by atoms with Gasteiger partial charge in [0.1, 0.15) is 6.61 Å². The largest absolute Gasteiger partial charge is 0.508 e. The van der Waals surface area contributed by atoms with Crippen LogP contribution in [0.4, 0.5) is 10.5 Å². The molecule has 5 nitrogen and oxygen atoms in total. The van der Waals surface area contributed by atoms with Crippen LogP contribution in [0.1, 0.15) is 15.9 Å². The number of rotatable bonds is 5. The van der Waals surface area contributed by atoms with Crippen molar-refractivity contribution in [3.8, 4) is 0 Å². The van der Waals surface area contributed by atoms with Crippen LogP contribution in [-0.4, -0.2) is 25.8 Å². The first-order chi connectivity index (χ1) is 11.6. The third-order valence-electron chi connectivity index (χ3n) is 3.08. The molecule has 0 saturated heterocycles. The lowest BCUT2D eigenvalue weighted by molar-refractivity contribution is 0.0819. The van der Waals surface area contributed by atoms with E-state index in [-0.39, 0.29) is 12.5 Å². The highest BCUT2D eigenvalue weighted by molar-refractivity contribution is 6.30. The molecule has 0 unspecified atom stereocenters. The molecule has 1 N–H and O–H groups in total. The van der Waals surface area contributed by atoms with Crippen molar-refractivity contribution in [2.45, 2.75) is 0 Å². The zero-order valence-corrected chi connectivity index (χ0v) is 13.7. The number of carbonyl (C=O) groups is 2. The minimum absolute atomic E-state index is 0.0755. The van der Waals surface area contributed by atoms with Gasteiger partial charge in [-0.05, 0) is 42.0 Å². The topological polar surface area (TPSA) is 64.6 Å². The van der Waals surface area contributed by atoms with Gasteiger partial charge >= 0.3 is 6.16 Å². The molecule has 6 heteroatoms.